The van der Waals surface area contributed by atoms with Crippen LogP contribution in [0.4, 0.5) is 0 Å². The smallest absolute Gasteiger partial charge is 0.325 e. The number of rotatable bonds is 8. The first-order valence-corrected chi connectivity index (χ1v) is 18.8. The Hall–Kier alpha value is -5.18. The number of ether oxygens (including phenoxy) is 1. The van der Waals surface area contributed by atoms with Crippen molar-refractivity contribution in [3.05, 3.63) is 71.8 Å². The van der Waals surface area contributed by atoms with Crippen LogP contribution in [-0.4, -0.2) is 108 Å². The second-order valence-electron chi connectivity index (χ2n) is 15.2. The van der Waals surface area contributed by atoms with E-state index in [4.69, 9.17) is 11.2 Å². The molecular weight excluding hydrogens is 686 g/mol. The van der Waals surface area contributed by atoms with Gasteiger partial charge in [-0.1, -0.05) is 74.5 Å². The van der Waals surface area contributed by atoms with Crippen molar-refractivity contribution in [1.29, 1.82) is 0 Å². The van der Waals surface area contributed by atoms with Gasteiger partial charge in [-0.05, 0) is 56.6 Å². The van der Waals surface area contributed by atoms with E-state index in [1.807, 2.05) is 60.7 Å². The number of nitrogens with one attached hydrogen (secondary N) is 2. The van der Waals surface area contributed by atoms with Crippen molar-refractivity contribution in [1.82, 2.24) is 25.3 Å². The molecule has 0 aromatic heterocycles. The average molecular weight is 742 g/mol. The fraction of sp³-hybridized carbons (Fsp3) is 0.524. The first-order valence-electron chi connectivity index (χ1n) is 18.8. The SMILES string of the molecule is C#CCCCC1OC(=O)CNC(=O)C(Cc2ccccc2)N(C)C(=O)[C@@H]2CCCN2C(=O)[C@H](Cc2ccccc2)N(C)C(=O)[C@H](C(C)C)NC(=O)C1(C)C. The average Bonchev–Trinajstić information content (AvgIpc) is 3.66. The van der Waals surface area contributed by atoms with Crippen LogP contribution in [0.25, 0.3) is 0 Å². The Bertz CT molecular complexity index is 1690. The predicted molar refractivity (Wildman–Crippen MR) is 204 cm³/mol. The number of hydrogen-bond donors (Lipinski definition) is 2. The van der Waals surface area contributed by atoms with Crippen LogP contribution in [0.1, 0.15) is 70.9 Å². The monoisotopic (exact) mass is 741 g/mol. The van der Waals surface area contributed by atoms with Crippen LogP contribution < -0.4 is 10.6 Å². The number of unbranched alkanes of at least 4 members (excludes halogenated alkanes) is 1. The summed E-state index contributed by atoms with van der Waals surface area (Å²) in [5.74, 6) is -0.977. The number of fused-ring (bicyclic) bond motifs is 1. The van der Waals surface area contributed by atoms with E-state index < -0.39 is 77.7 Å². The quantitative estimate of drug-likeness (QED) is 0.240. The highest BCUT2D eigenvalue weighted by Gasteiger charge is 2.45. The summed E-state index contributed by atoms with van der Waals surface area (Å²) in [5.41, 5.74) is 0.283. The number of nitrogens with zero attached hydrogens (tertiary/aromatic N) is 3. The molecule has 2 aliphatic heterocycles. The number of esters is 1. The lowest BCUT2D eigenvalue weighted by Crippen LogP contribution is -2.60. The summed E-state index contributed by atoms with van der Waals surface area (Å²) in [5, 5.41) is 5.57. The van der Waals surface area contributed by atoms with Gasteiger partial charge in [-0.25, -0.2) is 0 Å². The molecule has 12 heteroatoms. The van der Waals surface area contributed by atoms with Gasteiger partial charge >= 0.3 is 5.97 Å². The van der Waals surface area contributed by atoms with Crippen molar-refractivity contribution in [2.75, 3.05) is 27.2 Å². The van der Waals surface area contributed by atoms with Crippen molar-refractivity contribution in [2.45, 2.75) is 103 Å². The summed E-state index contributed by atoms with van der Waals surface area (Å²) >= 11 is 0. The van der Waals surface area contributed by atoms with Gasteiger partial charge in [0.1, 0.15) is 36.8 Å². The number of amides is 5. The molecule has 0 radical (unpaired) electrons. The van der Waals surface area contributed by atoms with Crippen LogP contribution in [-0.2, 0) is 46.3 Å². The summed E-state index contributed by atoms with van der Waals surface area (Å²) in [6.45, 7) is 6.65. The number of likely N-dealkylation sites (N-methyl/N-ethyl adjacent to an activating group) is 2. The predicted octanol–water partition coefficient (Wildman–Crippen LogP) is 3.13. The number of carbonyl (C=O) groups is 6. The normalized spacial score (nSPS) is 24.9. The summed E-state index contributed by atoms with van der Waals surface area (Å²) in [6, 6.07) is 14.6. The van der Waals surface area contributed by atoms with Crippen LogP contribution in [0.5, 0.6) is 0 Å². The molecular formula is C42H55N5O7. The van der Waals surface area contributed by atoms with E-state index in [0.29, 0.717) is 25.7 Å². The number of terminal acetylenes is 1. The fourth-order valence-electron chi connectivity index (χ4n) is 7.13. The van der Waals surface area contributed by atoms with Crippen LogP contribution in [0.15, 0.2) is 60.7 Å². The molecule has 0 bridgehead atoms. The first-order chi connectivity index (χ1) is 25.7. The van der Waals surface area contributed by atoms with Crippen molar-refractivity contribution < 1.29 is 33.5 Å². The van der Waals surface area contributed by atoms with Crippen molar-refractivity contribution in [2.24, 2.45) is 11.3 Å². The maximum Gasteiger partial charge on any atom is 0.325 e. The lowest BCUT2D eigenvalue weighted by atomic mass is 9.82. The molecule has 5 atom stereocenters. The molecule has 2 fully saturated rings. The highest BCUT2D eigenvalue weighted by Crippen LogP contribution is 2.30. The molecule has 2 unspecified atom stereocenters. The fourth-order valence-corrected chi connectivity index (χ4v) is 7.13. The maximum absolute atomic E-state index is 14.7. The Morgan fingerprint density at radius 1 is 0.852 bits per heavy atom. The van der Waals surface area contributed by atoms with Crippen LogP contribution >= 0.6 is 0 Å². The maximum atomic E-state index is 14.7. The molecule has 5 amide bonds. The molecule has 2 heterocycles. The van der Waals surface area contributed by atoms with Gasteiger partial charge in [0.2, 0.25) is 29.5 Å². The zero-order chi connectivity index (χ0) is 39.6. The highest BCUT2D eigenvalue weighted by atomic mass is 16.5. The van der Waals surface area contributed by atoms with Crippen LogP contribution in [0.3, 0.4) is 0 Å². The van der Waals surface area contributed by atoms with E-state index >= 15 is 0 Å². The van der Waals surface area contributed by atoms with E-state index in [2.05, 4.69) is 16.6 Å². The van der Waals surface area contributed by atoms with E-state index in [-0.39, 0.29) is 31.7 Å². The molecule has 2 N–H and O–H groups in total. The summed E-state index contributed by atoms with van der Waals surface area (Å²) < 4.78 is 5.89. The van der Waals surface area contributed by atoms with Gasteiger partial charge in [0.25, 0.3) is 0 Å². The first kappa shape index (κ1) is 41.6. The number of carbonyl (C=O) groups excluding carboxylic acids is 6. The minimum absolute atomic E-state index is 0.150. The highest BCUT2D eigenvalue weighted by molar-refractivity contribution is 5.97. The Kier molecular flexibility index (Phi) is 14.4. The van der Waals surface area contributed by atoms with E-state index in [1.165, 1.54) is 21.7 Å². The number of hydrogen-bond acceptors (Lipinski definition) is 7. The number of benzene rings is 2. The van der Waals surface area contributed by atoms with Gasteiger partial charge in [-0.3, -0.25) is 28.8 Å². The van der Waals surface area contributed by atoms with Crippen molar-refractivity contribution in [3.8, 4) is 12.3 Å². The summed E-state index contributed by atoms with van der Waals surface area (Å²) in [7, 11) is 3.08. The van der Waals surface area contributed by atoms with E-state index in [1.54, 1.807) is 34.7 Å². The topological polar surface area (TPSA) is 145 Å². The van der Waals surface area contributed by atoms with E-state index in [0.717, 1.165) is 11.1 Å². The van der Waals surface area contributed by atoms with Gasteiger partial charge in [-0.15, -0.1) is 12.3 Å². The Labute approximate surface area is 319 Å². The third kappa shape index (κ3) is 10.1. The van der Waals surface area contributed by atoms with Crippen LogP contribution in [0.2, 0.25) is 0 Å². The van der Waals surface area contributed by atoms with Crippen molar-refractivity contribution >= 4 is 35.5 Å². The molecule has 2 aliphatic rings. The standard InChI is InChI=1S/C42H55N5O7/c1-8-9-12-23-34-42(4,5)41(53)44-36(28(2)3)40(52)46(7)33(26-30-20-15-11-16-21-30)39(51)47-24-17-22-31(47)38(50)45(6)32(25-29-18-13-10-14-19-29)37(49)43-27-35(48)54-34/h1,10-11,13-16,18-21,28,31-34,36H,9,12,17,22-27H2,2-7H3,(H,43,49)(H,44,53)/t31-,32?,33-,34?,36-/m0/s1. The molecule has 290 valence electrons. The second kappa shape index (κ2) is 18.7. The molecule has 54 heavy (non-hydrogen) atoms. The summed E-state index contributed by atoms with van der Waals surface area (Å²) in [4.78, 5) is 89.1. The largest absolute Gasteiger partial charge is 0.460 e. The van der Waals surface area contributed by atoms with Gasteiger partial charge in [0.05, 0.1) is 5.41 Å². The van der Waals surface area contributed by atoms with Gasteiger partial charge < -0.3 is 30.1 Å². The Morgan fingerprint density at radius 3 is 2.00 bits per heavy atom. The van der Waals surface area contributed by atoms with Gasteiger partial charge in [0.15, 0.2) is 0 Å². The summed E-state index contributed by atoms with van der Waals surface area (Å²) in [6.07, 6.45) is 6.89. The minimum Gasteiger partial charge on any atom is -0.460 e. The molecule has 2 aromatic rings. The molecule has 2 saturated heterocycles. The molecule has 12 nitrogen and oxygen atoms in total. The minimum atomic E-state index is -1.33. The third-order valence-electron chi connectivity index (χ3n) is 10.7. The third-order valence-corrected chi connectivity index (χ3v) is 10.7. The second-order valence-corrected chi connectivity index (χ2v) is 15.2. The molecule has 0 aliphatic carbocycles. The molecule has 0 spiro atoms. The zero-order valence-corrected chi connectivity index (χ0v) is 32.4. The van der Waals surface area contributed by atoms with Gasteiger partial charge in [-0.2, -0.15) is 0 Å². The molecule has 0 saturated carbocycles. The number of cyclic esters (lactones) is 1. The van der Waals surface area contributed by atoms with Gasteiger partial charge in [0, 0.05) is 39.9 Å². The lowest BCUT2D eigenvalue weighted by Gasteiger charge is -2.38. The lowest BCUT2D eigenvalue weighted by molar-refractivity contribution is -0.160. The van der Waals surface area contributed by atoms with Crippen molar-refractivity contribution in [3.63, 3.8) is 0 Å². The van der Waals surface area contributed by atoms with Crippen LogP contribution in [0, 0.1) is 23.7 Å². The zero-order valence-electron chi connectivity index (χ0n) is 32.4. The Morgan fingerprint density at radius 2 is 1.43 bits per heavy atom. The molecule has 2 aromatic carbocycles. The van der Waals surface area contributed by atoms with E-state index in [9.17, 15) is 28.8 Å². The Balaban J connectivity index is 1.80. The molecule has 4 rings (SSSR count).